The Hall–Kier alpha value is -3.22. The van der Waals surface area contributed by atoms with Gasteiger partial charge in [-0.3, -0.25) is 24.0 Å². The van der Waals surface area contributed by atoms with E-state index in [4.69, 9.17) is 17.2 Å². The van der Waals surface area contributed by atoms with Crippen LogP contribution in [0.3, 0.4) is 0 Å². The minimum Gasteiger partial charge on any atom is -0.480 e. The smallest absolute Gasteiger partial charge is 0.326 e. The van der Waals surface area contributed by atoms with Gasteiger partial charge in [-0.1, -0.05) is 27.7 Å². The predicted molar refractivity (Wildman–Crippen MR) is 123 cm³/mol. The van der Waals surface area contributed by atoms with Gasteiger partial charge < -0.3 is 38.3 Å². The number of carboxylic acid groups (broad SMARTS) is 1. The number of hydrogen-bond donors (Lipinski definition) is 7. The molecule has 0 spiro atoms. The van der Waals surface area contributed by atoms with Gasteiger partial charge in [0, 0.05) is 6.42 Å². The Labute approximate surface area is 198 Å². The maximum Gasteiger partial charge on any atom is 0.326 e. The first-order valence-electron chi connectivity index (χ1n) is 11.1. The lowest BCUT2D eigenvalue weighted by Crippen LogP contribution is -2.58. The van der Waals surface area contributed by atoms with E-state index in [9.17, 15) is 33.9 Å². The molecule has 0 aromatic rings. The van der Waals surface area contributed by atoms with Crippen molar-refractivity contribution in [3.63, 3.8) is 0 Å². The summed E-state index contributed by atoms with van der Waals surface area (Å²) in [6.07, 6.45) is -0.628. The monoisotopic (exact) mass is 486 g/mol. The summed E-state index contributed by atoms with van der Waals surface area (Å²) in [5.74, 6) is -5.32. The van der Waals surface area contributed by atoms with E-state index in [1.54, 1.807) is 13.8 Å². The van der Waals surface area contributed by atoms with Gasteiger partial charge in [0.05, 0.1) is 12.5 Å². The van der Waals surface area contributed by atoms with Gasteiger partial charge in [-0.15, -0.1) is 0 Å². The lowest BCUT2D eigenvalue weighted by Gasteiger charge is -2.25. The van der Waals surface area contributed by atoms with Crippen LogP contribution in [0.5, 0.6) is 0 Å². The number of aliphatic carboxylic acids is 1. The van der Waals surface area contributed by atoms with Crippen molar-refractivity contribution in [2.45, 2.75) is 84.0 Å². The fourth-order valence-electron chi connectivity index (χ4n) is 3.10. The van der Waals surface area contributed by atoms with E-state index in [0.717, 1.165) is 0 Å². The minimum absolute atomic E-state index is 0.0507. The van der Waals surface area contributed by atoms with Crippen molar-refractivity contribution in [2.24, 2.45) is 29.0 Å². The Balaban J connectivity index is 5.59. The van der Waals surface area contributed by atoms with E-state index in [1.807, 2.05) is 13.8 Å². The van der Waals surface area contributed by atoms with Gasteiger partial charge in [0.15, 0.2) is 0 Å². The second-order valence-corrected chi connectivity index (χ2v) is 9.06. The van der Waals surface area contributed by atoms with Crippen LogP contribution in [0.15, 0.2) is 0 Å². The molecule has 10 N–H and O–H groups in total. The summed E-state index contributed by atoms with van der Waals surface area (Å²) in [5.41, 5.74) is 16.2. The standard InChI is InChI=1S/C21H38N6O7/c1-10(2)7-12(22)18(30)26-14(9-17(24)29)20(32)25-13(5-6-16(23)28)19(31)27-15(21(33)34)8-11(3)4/h10-15H,5-9,22H2,1-4H3,(H2,23,28)(H2,24,29)(H,25,32)(H,26,30)(H,27,31)(H,33,34). The van der Waals surface area contributed by atoms with Crippen LogP contribution in [-0.2, 0) is 28.8 Å². The average molecular weight is 487 g/mol. The molecule has 4 unspecified atom stereocenters. The Morgan fingerprint density at radius 1 is 0.706 bits per heavy atom. The Bertz CT molecular complexity index is 756. The zero-order valence-electron chi connectivity index (χ0n) is 20.1. The number of carbonyl (C=O) groups is 6. The fourth-order valence-corrected chi connectivity index (χ4v) is 3.10. The van der Waals surface area contributed by atoms with Gasteiger partial charge in [0.2, 0.25) is 29.5 Å². The third kappa shape index (κ3) is 12.7. The highest BCUT2D eigenvalue weighted by Gasteiger charge is 2.31. The molecule has 0 fully saturated rings. The zero-order chi connectivity index (χ0) is 26.6. The maximum atomic E-state index is 12.8. The number of carbonyl (C=O) groups excluding carboxylic acids is 5. The zero-order valence-corrected chi connectivity index (χ0v) is 20.1. The number of amides is 5. The van der Waals surface area contributed by atoms with Crippen LogP contribution in [0.25, 0.3) is 0 Å². The molecule has 0 bridgehead atoms. The van der Waals surface area contributed by atoms with Crippen molar-refractivity contribution in [3.05, 3.63) is 0 Å². The van der Waals surface area contributed by atoms with E-state index in [-0.39, 0.29) is 31.1 Å². The molecule has 0 rings (SSSR count). The van der Waals surface area contributed by atoms with Crippen LogP contribution in [-0.4, -0.2) is 64.8 Å². The molecule has 0 saturated heterocycles. The van der Waals surface area contributed by atoms with Crippen molar-refractivity contribution in [1.29, 1.82) is 0 Å². The molecule has 0 aliphatic carbocycles. The van der Waals surface area contributed by atoms with Crippen LogP contribution >= 0.6 is 0 Å². The molecule has 4 atom stereocenters. The van der Waals surface area contributed by atoms with Crippen molar-refractivity contribution < 1.29 is 33.9 Å². The molecule has 194 valence electrons. The molecule has 0 aromatic carbocycles. The fraction of sp³-hybridized carbons (Fsp3) is 0.714. The molecular formula is C21H38N6O7. The van der Waals surface area contributed by atoms with Crippen molar-refractivity contribution in [2.75, 3.05) is 0 Å². The molecule has 0 aliphatic rings. The molecule has 0 aromatic heterocycles. The third-order valence-electron chi connectivity index (χ3n) is 4.73. The lowest BCUT2D eigenvalue weighted by atomic mass is 10.0. The maximum absolute atomic E-state index is 12.8. The second kappa shape index (κ2) is 14.8. The normalized spacial score (nSPS) is 14.6. The summed E-state index contributed by atoms with van der Waals surface area (Å²) in [4.78, 5) is 72.1. The molecule has 0 saturated carbocycles. The quantitative estimate of drug-likeness (QED) is 0.129. The summed E-state index contributed by atoms with van der Waals surface area (Å²) >= 11 is 0. The van der Waals surface area contributed by atoms with E-state index in [2.05, 4.69) is 16.0 Å². The first-order valence-corrected chi connectivity index (χ1v) is 11.1. The van der Waals surface area contributed by atoms with Crippen LogP contribution in [0.2, 0.25) is 0 Å². The molecule has 0 aliphatic heterocycles. The Morgan fingerprint density at radius 2 is 1.18 bits per heavy atom. The van der Waals surface area contributed by atoms with Crippen LogP contribution < -0.4 is 33.2 Å². The average Bonchev–Trinajstić information content (AvgIpc) is 2.68. The van der Waals surface area contributed by atoms with Gasteiger partial charge in [-0.2, -0.15) is 0 Å². The second-order valence-electron chi connectivity index (χ2n) is 9.06. The van der Waals surface area contributed by atoms with Crippen molar-refractivity contribution in [3.8, 4) is 0 Å². The predicted octanol–water partition coefficient (Wildman–Crippen LogP) is -1.91. The summed E-state index contributed by atoms with van der Waals surface area (Å²) in [6, 6.07) is -4.95. The summed E-state index contributed by atoms with van der Waals surface area (Å²) in [5, 5.41) is 16.4. The van der Waals surface area contributed by atoms with Crippen LogP contribution in [0, 0.1) is 11.8 Å². The highest BCUT2D eigenvalue weighted by molar-refractivity contribution is 5.96. The molecule has 0 radical (unpaired) electrons. The van der Waals surface area contributed by atoms with E-state index in [1.165, 1.54) is 0 Å². The topological polar surface area (TPSA) is 237 Å². The first-order chi connectivity index (χ1) is 15.6. The number of nitrogens with two attached hydrogens (primary N) is 3. The lowest BCUT2D eigenvalue weighted by molar-refractivity contribution is -0.143. The number of nitrogens with one attached hydrogen (secondary N) is 3. The number of hydrogen-bond acceptors (Lipinski definition) is 7. The molecular weight excluding hydrogens is 448 g/mol. The number of primary amides is 2. The third-order valence-corrected chi connectivity index (χ3v) is 4.73. The van der Waals surface area contributed by atoms with Gasteiger partial charge in [-0.05, 0) is 31.1 Å². The van der Waals surface area contributed by atoms with Crippen LogP contribution in [0.4, 0.5) is 0 Å². The van der Waals surface area contributed by atoms with E-state index < -0.39 is 66.1 Å². The first kappa shape index (κ1) is 30.8. The van der Waals surface area contributed by atoms with Gasteiger partial charge >= 0.3 is 5.97 Å². The molecule has 5 amide bonds. The summed E-state index contributed by atoms with van der Waals surface area (Å²) in [6.45, 7) is 7.25. The van der Waals surface area contributed by atoms with Gasteiger partial charge in [-0.25, -0.2) is 4.79 Å². The summed E-state index contributed by atoms with van der Waals surface area (Å²) < 4.78 is 0. The SMILES string of the molecule is CC(C)CC(N)C(=O)NC(CC(N)=O)C(=O)NC(CCC(N)=O)C(=O)NC(CC(C)C)C(=O)O. The molecule has 34 heavy (non-hydrogen) atoms. The Morgan fingerprint density at radius 3 is 1.62 bits per heavy atom. The van der Waals surface area contributed by atoms with Gasteiger partial charge in [0.25, 0.3) is 0 Å². The summed E-state index contributed by atoms with van der Waals surface area (Å²) in [7, 11) is 0. The van der Waals surface area contributed by atoms with E-state index >= 15 is 0 Å². The van der Waals surface area contributed by atoms with Crippen molar-refractivity contribution in [1.82, 2.24) is 16.0 Å². The van der Waals surface area contributed by atoms with Crippen molar-refractivity contribution >= 4 is 35.5 Å². The largest absolute Gasteiger partial charge is 0.480 e. The highest BCUT2D eigenvalue weighted by Crippen LogP contribution is 2.08. The van der Waals surface area contributed by atoms with Gasteiger partial charge in [0.1, 0.15) is 18.1 Å². The van der Waals surface area contributed by atoms with E-state index in [0.29, 0.717) is 6.42 Å². The Kier molecular flexibility index (Phi) is 13.4. The minimum atomic E-state index is -1.43. The number of carboxylic acids is 1. The van der Waals surface area contributed by atoms with Crippen LogP contribution in [0.1, 0.15) is 59.8 Å². The highest BCUT2D eigenvalue weighted by atomic mass is 16.4. The molecule has 0 heterocycles. The molecule has 13 heteroatoms. The number of rotatable bonds is 16. The molecule has 13 nitrogen and oxygen atoms in total.